The average molecular weight is 312 g/mol. The maximum Gasteiger partial charge on any atom is 0.243 e. The fraction of sp³-hybridized carbons (Fsp3) is 0.875. The number of carbonyl (C=O) groups excluding carboxylic acids is 1. The van der Waals surface area contributed by atoms with E-state index in [0.717, 1.165) is 32.0 Å². The molecule has 1 fully saturated rings. The lowest BCUT2D eigenvalue weighted by Crippen LogP contribution is -2.44. The zero-order valence-corrected chi connectivity index (χ0v) is 14.7. The van der Waals surface area contributed by atoms with Crippen molar-refractivity contribution in [2.24, 2.45) is 10.4 Å². The number of amides is 1. The van der Waals surface area contributed by atoms with Crippen LogP contribution < -0.4 is 10.6 Å². The molecule has 0 spiro atoms. The fourth-order valence-electron chi connectivity index (χ4n) is 2.06. The molecule has 0 aromatic heterocycles. The molecule has 0 aromatic carbocycles. The number of carbonyl (C=O) groups is 1. The Hall–Kier alpha value is -1.30. The second-order valence-corrected chi connectivity index (χ2v) is 6.50. The second kappa shape index (κ2) is 8.98. The van der Waals surface area contributed by atoms with E-state index in [2.05, 4.69) is 29.5 Å². The zero-order valence-electron chi connectivity index (χ0n) is 14.7. The lowest BCUT2D eigenvalue weighted by Gasteiger charge is -2.21. The van der Waals surface area contributed by atoms with Crippen molar-refractivity contribution in [3.05, 3.63) is 0 Å². The number of methoxy groups -OCH3 is 1. The molecule has 1 unspecified atom stereocenters. The van der Waals surface area contributed by atoms with Crippen LogP contribution in [0.5, 0.6) is 0 Å². The molecule has 1 amide bonds. The molecule has 1 saturated carbocycles. The quantitative estimate of drug-likeness (QED) is 0.496. The standard InChI is InChI=1S/C16H32N4O2/c1-6-13(2)19-15(17-11-14(21)20(3)4)18-12-16(7-8-16)9-10-22-5/h13H,6-12H2,1-5H3,(H2,17,18,19). The molecule has 0 radical (unpaired) electrons. The van der Waals surface area contributed by atoms with Gasteiger partial charge in [-0.15, -0.1) is 0 Å². The molecule has 0 aliphatic heterocycles. The van der Waals surface area contributed by atoms with E-state index in [9.17, 15) is 4.79 Å². The van der Waals surface area contributed by atoms with Crippen LogP contribution in [0.1, 0.15) is 39.5 Å². The number of guanidine groups is 1. The number of hydrogen-bond donors (Lipinski definition) is 2. The molecule has 1 aliphatic carbocycles. The normalized spacial score (nSPS) is 17.8. The van der Waals surface area contributed by atoms with Crippen LogP contribution in [0.3, 0.4) is 0 Å². The van der Waals surface area contributed by atoms with Gasteiger partial charge < -0.3 is 20.3 Å². The summed E-state index contributed by atoms with van der Waals surface area (Å²) in [4.78, 5) is 17.7. The molecule has 6 heteroatoms. The van der Waals surface area contributed by atoms with E-state index < -0.39 is 0 Å². The summed E-state index contributed by atoms with van der Waals surface area (Å²) in [5, 5.41) is 6.76. The lowest BCUT2D eigenvalue weighted by molar-refractivity contribution is -0.127. The van der Waals surface area contributed by atoms with E-state index in [0.29, 0.717) is 11.5 Å². The van der Waals surface area contributed by atoms with Gasteiger partial charge in [0.1, 0.15) is 6.54 Å². The first kappa shape index (κ1) is 18.7. The first-order chi connectivity index (χ1) is 10.4. The van der Waals surface area contributed by atoms with Crippen molar-refractivity contribution in [3.8, 4) is 0 Å². The van der Waals surface area contributed by atoms with Crippen LogP contribution in [0.2, 0.25) is 0 Å². The van der Waals surface area contributed by atoms with E-state index in [1.807, 2.05) is 0 Å². The topological polar surface area (TPSA) is 66.0 Å². The smallest absolute Gasteiger partial charge is 0.243 e. The van der Waals surface area contributed by atoms with Gasteiger partial charge >= 0.3 is 0 Å². The van der Waals surface area contributed by atoms with Crippen molar-refractivity contribution in [2.45, 2.75) is 45.6 Å². The van der Waals surface area contributed by atoms with E-state index in [1.165, 1.54) is 12.8 Å². The van der Waals surface area contributed by atoms with Gasteiger partial charge in [0.15, 0.2) is 5.96 Å². The third-order valence-electron chi connectivity index (χ3n) is 4.29. The monoisotopic (exact) mass is 312 g/mol. The molecule has 128 valence electrons. The van der Waals surface area contributed by atoms with Crippen LogP contribution in [0.25, 0.3) is 0 Å². The second-order valence-electron chi connectivity index (χ2n) is 6.50. The van der Waals surface area contributed by atoms with Crippen LogP contribution in [-0.4, -0.2) is 63.7 Å². The van der Waals surface area contributed by atoms with Crippen LogP contribution in [0, 0.1) is 5.41 Å². The SMILES string of the molecule is CCC(C)NC(=NCC(=O)N(C)C)NCC1(CCOC)CC1. The lowest BCUT2D eigenvalue weighted by atomic mass is 10.0. The summed E-state index contributed by atoms with van der Waals surface area (Å²) >= 11 is 0. The maximum absolute atomic E-state index is 11.7. The van der Waals surface area contributed by atoms with E-state index in [-0.39, 0.29) is 12.5 Å². The van der Waals surface area contributed by atoms with Gasteiger partial charge in [-0.25, -0.2) is 4.99 Å². The van der Waals surface area contributed by atoms with Gasteiger partial charge in [0, 0.05) is 40.4 Å². The Morgan fingerprint density at radius 3 is 2.59 bits per heavy atom. The minimum Gasteiger partial charge on any atom is -0.385 e. The Bertz CT molecular complexity index is 378. The first-order valence-electron chi connectivity index (χ1n) is 8.16. The van der Waals surface area contributed by atoms with Gasteiger partial charge in [-0.3, -0.25) is 4.79 Å². The fourth-order valence-corrected chi connectivity index (χ4v) is 2.06. The van der Waals surface area contributed by atoms with Crippen LogP contribution >= 0.6 is 0 Å². The van der Waals surface area contributed by atoms with Crippen molar-refractivity contribution >= 4 is 11.9 Å². The highest BCUT2D eigenvalue weighted by molar-refractivity contribution is 5.84. The average Bonchev–Trinajstić information content (AvgIpc) is 3.27. The number of rotatable bonds is 9. The van der Waals surface area contributed by atoms with Gasteiger partial charge in [-0.05, 0) is 38.0 Å². The summed E-state index contributed by atoms with van der Waals surface area (Å²) in [7, 11) is 5.24. The summed E-state index contributed by atoms with van der Waals surface area (Å²) in [6.07, 6.45) is 4.55. The zero-order chi connectivity index (χ0) is 16.6. The summed E-state index contributed by atoms with van der Waals surface area (Å²) in [6, 6.07) is 0.329. The highest BCUT2D eigenvalue weighted by Gasteiger charge is 2.41. The molecular formula is C16H32N4O2. The minimum absolute atomic E-state index is 0.00534. The molecule has 0 heterocycles. The predicted molar refractivity (Wildman–Crippen MR) is 90.0 cm³/mol. The van der Waals surface area contributed by atoms with Gasteiger partial charge in [-0.2, -0.15) is 0 Å². The third kappa shape index (κ3) is 6.64. The van der Waals surface area contributed by atoms with Crippen molar-refractivity contribution in [1.82, 2.24) is 15.5 Å². The largest absolute Gasteiger partial charge is 0.385 e. The summed E-state index contributed by atoms with van der Waals surface area (Å²) < 4.78 is 5.19. The Balaban J connectivity index is 2.54. The number of nitrogens with zero attached hydrogens (tertiary/aromatic N) is 2. The number of ether oxygens (including phenoxy) is 1. The minimum atomic E-state index is 0.00534. The maximum atomic E-state index is 11.7. The van der Waals surface area contributed by atoms with Crippen LogP contribution in [0.15, 0.2) is 4.99 Å². The molecule has 0 bridgehead atoms. The van der Waals surface area contributed by atoms with Crippen molar-refractivity contribution in [3.63, 3.8) is 0 Å². The van der Waals surface area contributed by atoms with Crippen molar-refractivity contribution in [1.29, 1.82) is 0 Å². The molecule has 0 aromatic rings. The first-order valence-corrected chi connectivity index (χ1v) is 8.16. The number of nitrogens with one attached hydrogen (secondary N) is 2. The van der Waals surface area contributed by atoms with Gasteiger partial charge in [-0.1, -0.05) is 6.92 Å². The Labute approximate surface area is 134 Å². The molecule has 1 rings (SSSR count). The van der Waals surface area contributed by atoms with E-state index >= 15 is 0 Å². The van der Waals surface area contributed by atoms with Crippen LogP contribution in [0.4, 0.5) is 0 Å². The Kier molecular flexibility index (Phi) is 7.65. The Morgan fingerprint density at radius 1 is 1.41 bits per heavy atom. The number of aliphatic imine (C=N–C) groups is 1. The molecular weight excluding hydrogens is 280 g/mol. The van der Waals surface area contributed by atoms with E-state index in [1.54, 1.807) is 26.1 Å². The van der Waals surface area contributed by atoms with Gasteiger partial charge in [0.2, 0.25) is 5.91 Å². The highest BCUT2D eigenvalue weighted by atomic mass is 16.5. The Morgan fingerprint density at radius 2 is 2.09 bits per heavy atom. The third-order valence-corrected chi connectivity index (χ3v) is 4.29. The summed E-state index contributed by atoms with van der Waals surface area (Å²) in [5.41, 5.74) is 0.347. The molecule has 1 aliphatic rings. The van der Waals surface area contributed by atoms with Crippen LogP contribution in [-0.2, 0) is 9.53 Å². The highest BCUT2D eigenvalue weighted by Crippen LogP contribution is 2.48. The number of hydrogen-bond acceptors (Lipinski definition) is 3. The molecule has 0 saturated heterocycles. The number of likely N-dealkylation sites (N-methyl/N-ethyl adjacent to an activating group) is 1. The van der Waals surface area contributed by atoms with Crippen molar-refractivity contribution in [2.75, 3.05) is 40.9 Å². The predicted octanol–water partition coefficient (Wildman–Crippen LogP) is 1.23. The molecule has 6 nitrogen and oxygen atoms in total. The summed E-state index contributed by atoms with van der Waals surface area (Å²) in [5.74, 6) is 0.735. The van der Waals surface area contributed by atoms with Crippen molar-refractivity contribution < 1.29 is 9.53 Å². The van der Waals surface area contributed by atoms with Gasteiger partial charge in [0.25, 0.3) is 0 Å². The van der Waals surface area contributed by atoms with Gasteiger partial charge in [0.05, 0.1) is 0 Å². The van der Waals surface area contributed by atoms with E-state index in [4.69, 9.17) is 4.74 Å². The summed E-state index contributed by atoms with van der Waals surface area (Å²) in [6.45, 7) is 6.09. The molecule has 2 N–H and O–H groups in total. The molecule has 1 atom stereocenters. The molecule has 22 heavy (non-hydrogen) atoms.